The maximum absolute atomic E-state index is 4.51. The molecule has 18 heavy (non-hydrogen) atoms. The van der Waals surface area contributed by atoms with Crippen molar-refractivity contribution >= 4 is 28.9 Å². The highest BCUT2D eigenvalue weighted by Gasteiger charge is 2.10. The molecule has 0 amide bonds. The Morgan fingerprint density at radius 1 is 1.39 bits per heavy atom. The normalized spacial score (nSPS) is 11.3. The van der Waals surface area contributed by atoms with Crippen molar-refractivity contribution in [1.82, 2.24) is 24.8 Å². The molecule has 0 aliphatic rings. The van der Waals surface area contributed by atoms with E-state index in [0.717, 1.165) is 29.4 Å². The third-order valence-electron chi connectivity index (χ3n) is 2.36. The summed E-state index contributed by atoms with van der Waals surface area (Å²) in [6.45, 7) is 3.84. The summed E-state index contributed by atoms with van der Waals surface area (Å²) in [5.41, 5.74) is 1.63. The Hall–Kier alpha value is -1.34. The number of nitrogens with zero attached hydrogens (tertiary/aromatic N) is 4. The highest BCUT2D eigenvalue weighted by molar-refractivity contribution is 7.99. The molecule has 0 bridgehead atoms. The van der Waals surface area contributed by atoms with Gasteiger partial charge in [0.15, 0.2) is 5.65 Å². The second-order valence-electron chi connectivity index (χ2n) is 4.14. The molecule has 0 atom stereocenters. The molecule has 7 heteroatoms. The summed E-state index contributed by atoms with van der Waals surface area (Å²) < 4.78 is 0. The SMILES string of the molecule is CCNc1nc(SCCN(C)C)c2[nH]cnc2n1. The Balaban J connectivity index is 2.20. The number of thioether (sulfide) groups is 1. The van der Waals surface area contributed by atoms with Gasteiger partial charge in [-0.3, -0.25) is 0 Å². The molecule has 0 aliphatic heterocycles. The minimum Gasteiger partial charge on any atom is -0.354 e. The molecule has 0 unspecified atom stereocenters. The fraction of sp³-hybridized carbons (Fsp3) is 0.545. The molecule has 0 saturated carbocycles. The fourth-order valence-corrected chi connectivity index (χ4v) is 2.57. The highest BCUT2D eigenvalue weighted by Crippen LogP contribution is 2.24. The monoisotopic (exact) mass is 266 g/mol. The Morgan fingerprint density at radius 3 is 2.94 bits per heavy atom. The first kappa shape index (κ1) is 13.1. The van der Waals surface area contributed by atoms with Gasteiger partial charge in [0.05, 0.1) is 6.33 Å². The third kappa shape index (κ3) is 3.11. The average Bonchev–Trinajstić information content (AvgIpc) is 2.77. The molecule has 2 N–H and O–H groups in total. The molecule has 0 saturated heterocycles. The van der Waals surface area contributed by atoms with Crippen molar-refractivity contribution in [2.75, 3.05) is 38.3 Å². The summed E-state index contributed by atoms with van der Waals surface area (Å²) in [6.07, 6.45) is 1.66. The molecule has 0 fully saturated rings. The molecule has 2 aromatic rings. The fourth-order valence-electron chi connectivity index (χ4n) is 1.47. The predicted octanol–water partition coefficient (Wildman–Crippen LogP) is 1.44. The van der Waals surface area contributed by atoms with Crippen LogP contribution < -0.4 is 5.32 Å². The van der Waals surface area contributed by atoms with E-state index >= 15 is 0 Å². The number of anilines is 1. The Kier molecular flexibility index (Phi) is 4.38. The lowest BCUT2D eigenvalue weighted by atomic mass is 10.5. The quantitative estimate of drug-likeness (QED) is 0.609. The summed E-state index contributed by atoms with van der Waals surface area (Å²) in [4.78, 5) is 18.3. The zero-order valence-electron chi connectivity index (χ0n) is 10.9. The van der Waals surface area contributed by atoms with E-state index < -0.39 is 0 Å². The smallest absolute Gasteiger partial charge is 0.225 e. The van der Waals surface area contributed by atoms with E-state index in [-0.39, 0.29) is 0 Å². The third-order valence-corrected chi connectivity index (χ3v) is 3.32. The number of hydrogen-bond acceptors (Lipinski definition) is 6. The van der Waals surface area contributed by atoms with Crippen LogP contribution in [0, 0.1) is 0 Å². The van der Waals surface area contributed by atoms with Crippen LogP contribution in [-0.4, -0.2) is 57.8 Å². The molecular formula is C11H18N6S. The first-order valence-corrected chi connectivity index (χ1v) is 6.91. The highest BCUT2D eigenvalue weighted by atomic mass is 32.2. The van der Waals surface area contributed by atoms with Crippen LogP contribution in [-0.2, 0) is 0 Å². The zero-order valence-corrected chi connectivity index (χ0v) is 11.7. The van der Waals surface area contributed by atoms with Gasteiger partial charge in [0, 0.05) is 18.8 Å². The van der Waals surface area contributed by atoms with Gasteiger partial charge in [0.25, 0.3) is 0 Å². The summed E-state index contributed by atoms with van der Waals surface area (Å²) in [6, 6.07) is 0. The predicted molar refractivity (Wildman–Crippen MR) is 75.1 cm³/mol. The van der Waals surface area contributed by atoms with E-state index in [2.05, 4.69) is 44.2 Å². The molecule has 6 nitrogen and oxygen atoms in total. The van der Waals surface area contributed by atoms with Gasteiger partial charge in [-0.25, -0.2) is 9.97 Å². The van der Waals surface area contributed by atoms with Crippen molar-refractivity contribution in [2.45, 2.75) is 11.9 Å². The Bertz CT molecular complexity index is 509. The van der Waals surface area contributed by atoms with E-state index in [4.69, 9.17) is 0 Å². The summed E-state index contributed by atoms with van der Waals surface area (Å²) in [5.74, 6) is 1.63. The number of imidazole rings is 1. The Morgan fingerprint density at radius 2 is 2.22 bits per heavy atom. The van der Waals surface area contributed by atoms with Crippen molar-refractivity contribution in [3.05, 3.63) is 6.33 Å². The average molecular weight is 266 g/mol. The van der Waals surface area contributed by atoms with Crippen LogP contribution in [0.1, 0.15) is 6.92 Å². The van der Waals surface area contributed by atoms with E-state index in [9.17, 15) is 0 Å². The van der Waals surface area contributed by atoms with Gasteiger partial charge in [0.1, 0.15) is 10.5 Å². The van der Waals surface area contributed by atoms with Gasteiger partial charge in [-0.15, -0.1) is 11.8 Å². The minimum absolute atomic E-state index is 0.643. The molecule has 2 aromatic heterocycles. The summed E-state index contributed by atoms with van der Waals surface area (Å²) in [7, 11) is 4.13. The maximum atomic E-state index is 4.51. The minimum atomic E-state index is 0.643. The summed E-state index contributed by atoms with van der Waals surface area (Å²) in [5, 5.41) is 4.08. The van der Waals surface area contributed by atoms with Crippen molar-refractivity contribution in [1.29, 1.82) is 0 Å². The first-order valence-electron chi connectivity index (χ1n) is 5.93. The number of hydrogen-bond donors (Lipinski definition) is 2. The van der Waals surface area contributed by atoms with E-state index in [0.29, 0.717) is 11.6 Å². The van der Waals surface area contributed by atoms with Crippen LogP contribution in [0.2, 0.25) is 0 Å². The molecule has 0 aromatic carbocycles. The second-order valence-corrected chi connectivity index (χ2v) is 5.22. The molecule has 2 heterocycles. The van der Waals surface area contributed by atoms with Crippen molar-refractivity contribution in [3.8, 4) is 0 Å². The van der Waals surface area contributed by atoms with Gasteiger partial charge in [-0.05, 0) is 21.0 Å². The van der Waals surface area contributed by atoms with Crippen molar-refractivity contribution in [3.63, 3.8) is 0 Å². The number of fused-ring (bicyclic) bond motifs is 1. The molecule has 0 radical (unpaired) electrons. The second kappa shape index (κ2) is 6.01. The lowest BCUT2D eigenvalue weighted by Crippen LogP contribution is -2.15. The van der Waals surface area contributed by atoms with Gasteiger partial charge >= 0.3 is 0 Å². The van der Waals surface area contributed by atoms with Crippen LogP contribution in [0.15, 0.2) is 11.4 Å². The molecule has 98 valence electrons. The van der Waals surface area contributed by atoms with Crippen LogP contribution in [0.3, 0.4) is 0 Å². The van der Waals surface area contributed by atoms with E-state index in [1.165, 1.54) is 0 Å². The van der Waals surface area contributed by atoms with Crippen LogP contribution in [0.4, 0.5) is 5.95 Å². The van der Waals surface area contributed by atoms with E-state index in [1.54, 1.807) is 18.1 Å². The van der Waals surface area contributed by atoms with Gasteiger partial charge in [-0.1, -0.05) is 0 Å². The van der Waals surface area contributed by atoms with Gasteiger partial charge < -0.3 is 15.2 Å². The van der Waals surface area contributed by atoms with Crippen molar-refractivity contribution in [2.24, 2.45) is 0 Å². The van der Waals surface area contributed by atoms with Gasteiger partial charge in [0.2, 0.25) is 5.95 Å². The largest absolute Gasteiger partial charge is 0.354 e. The number of H-pyrrole nitrogens is 1. The zero-order chi connectivity index (χ0) is 13.0. The number of aromatic nitrogens is 4. The lowest BCUT2D eigenvalue weighted by Gasteiger charge is -2.09. The lowest BCUT2D eigenvalue weighted by molar-refractivity contribution is 0.437. The molecule has 0 spiro atoms. The summed E-state index contributed by atoms with van der Waals surface area (Å²) >= 11 is 1.72. The van der Waals surface area contributed by atoms with Crippen LogP contribution >= 0.6 is 11.8 Å². The molecule has 2 rings (SSSR count). The number of aromatic amines is 1. The van der Waals surface area contributed by atoms with Gasteiger partial charge in [-0.2, -0.15) is 4.98 Å². The standard InChI is InChI=1S/C11H18N6S/c1-4-12-11-15-9-8(13-7-14-9)10(16-11)18-6-5-17(2)3/h7H,4-6H2,1-3H3,(H2,12,13,14,15,16). The van der Waals surface area contributed by atoms with Crippen LogP contribution in [0.5, 0.6) is 0 Å². The Labute approximate surface area is 111 Å². The number of rotatable bonds is 6. The first-order chi connectivity index (χ1) is 8.70. The molecular weight excluding hydrogens is 248 g/mol. The topological polar surface area (TPSA) is 69.7 Å². The molecule has 0 aliphatic carbocycles. The maximum Gasteiger partial charge on any atom is 0.225 e. The van der Waals surface area contributed by atoms with Crippen LogP contribution in [0.25, 0.3) is 11.2 Å². The number of nitrogens with one attached hydrogen (secondary N) is 2. The van der Waals surface area contributed by atoms with E-state index in [1.807, 2.05) is 6.92 Å². The van der Waals surface area contributed by atoms with Crippen molar-refractivity contribution < 1.29 is 0 Å².